The zero-order valence-electron chi connectivity index (χ0n) is 6.04. The summed E-state index contributed by atoms with van der Waals surface area (Å²) in [7, 11) is 0. The lowest BCUT2D eigenvalue weighted by Crippen LogP contribution is -2.50. The van der Waals surface area contributed by atoms with Gasteiger partial charge in [-0.15, -0.1) is 0 Å². The summed E-state index contributed by atoms with van der Waals surface area (Å²) >= 11 is 0. The van der Waals surface area contributed by atoms with Gasteiger partial charge in [0.2, 0.25) is 0 Å². The van der Waals surface area contributed by atoms with E-state index in [1.54, 1.807) is 6.08 Å². The van der Waals surface area contributed by atoms with Crippen molar-refractivity contribution in [2.24, 2.45) is 0 Å². The normalized spacial score (nSPS) is 21.2. The molecule has 0 bridgehead atoms. The predicted molar refractivity (Wildman–Crippen MR) is 38.3 cm³/mol. The Bertz CT molecular complexity index is 165. The van der Waals surface area contributed by atoms with Gasteiger partial charge in [0.1, 0.15) is 5.54 Å². The molecule has 0 aromatic rings. The van der Waals surface area contributed by atoms with Crippen LogP contribution in [0.4, 0.5) is 0 Å². The predicted octanol–water partition coefficient (Wildman–Crippen LogP) is -2.31. The van der Waals surface area contributed by atoms with Crippen LogP contribution < -0.4 is 10.9 Å². The lowest BCUT2D eigenvalue weighted by molar-refractivity contribution is 0.125. The number of nitrogens with one attached hydrogen (secondary N) is 2. The van der Waals surface area contributed by atoms with Crippen molar-refractivity contribution in [2.45, 2.75) is 5.54 Å². The molecule has 0 aromatic carbocycles. The molecule has 0 spiro atoms. The molecule has 0 aliphatic carbocycles. The second kappa shape index (κ2) is 3.19. The second-order valence-corrected chi connectivity index (χ2v) is 2.55. The Kier molecular flexibility index (Phi) is 2.45. The van der Waals surface area contributed by atoms with Gasteiger partial charge < -0.3 is 20.7 Å². The van der Waals surface area contributed by atoms with Gasteiger partial charge in [-0.05, 0) is 6.08 Å². The van der Waals surface area contributed by atoms with Gasteiger partial charge in [0.05, 0.1) is 19.8 Å². The Morgan fingerprint density at radius 1 is 1.27 bits per heavy atom. The van der Waals surface area contributed by atoms with Crippen LogP contribution in [0.1, 0.15) is 0 Å². The van der Waals surface area contributed by atoms with E-state index in [1.165, 1.54) is 0 Å². The van der Waals surface area contributed by atoms with Crippen molar-refractivity contribution in [3.8, 4) is 0 Å². The molecule has 64 valence electrons. The second-order valence-electron chi connectivity index (χ2n) is 2.55. The Morgan fingerprint density at radius 3 is 2.18 bits per heavy atom. The van der Waals surface area contributed by atoms with E-state index < -0.39 is 5.54 Å². The molecule has 5 heteroatoms. The largest absolute Gasteiger partial charge is 0.394 e. The molecule has 0 unspecified atom stereocenters. The maximum atomic E-state index is 8.84. The Balaban J connectivity index is 2.67. The third-order valence-electron chi connectivity index (χ3n) is 1.66. The molecule has 0 amide bonds. The van der Waals surface area contributed by atoms with E-state index in [0.29, 0.717) is 5.70 Å². The first-order valence-electron chi connectivity index (χ1n) is 3.34. The molecule has 11 heavy (non-hydrogen) atoms. The lowest BCUT2D eigenvalue weighted by atomic mass is 10.0. The third kappa shape index (κ3) is 1.51. The van der Waals surface area contributed by atoms with Crippen LogP contribution in [0.15, 0.2) is 11.8 Å². The fourth-order valence-electron chi connectivity index (χ4n) is 0.916. The Labute approximate surface area is 64.3 Å². The van der Waals surface area contributed by atoms with Crippen LogP contribution in [0.25, 0.3) is 0 Å². The minimum atomic E-state index is -0.821. The SMILES string of the molecule is OCC1=CC(CO)(CO)NN1. The minimum Gasteiger partial charge on any atom is -0.394 e. The lowest BCUT2D eigenvalue weighted by Gasteiger charge is -2.21. The fraction of sp³-hybridized carbons (Fsp3) is 0.667. The van der Waals surface area contributed by atoms with E-state index in [-0.39, 0.29) is 19.8 Å². The van der Waals surface area contributed by atoms with Gasteiger partial charge in [-0.1, -0.05) is 0 Å². The summed E-state index contributed by atoms with van der Waals surface area (Å²) in [4.78, 5) is 0. The number of hydrazine groups is 1. The van der Waals surface area contributed by atoms with Gasteiger partial charge in [-0.3, -0.25) is 0 Å². The molecule has 0 radical (unpaired) electrons. The van der Waals surface area contributed by atoms with Crippen molar-refractivity contribution < 1.29 is 15.3 Å². The quantitative estimate of drug-likeness (QED) is 0.320. The number of aliphatic hydroxyl groups is 3. The summed E-state index contributed by atoms with van der Waals surface area (Å²) in [6.07, 6.45) is 1.58. The van der Waals surface area contributed by atoms with Gasteiger partial charge in [0.15, 0.2) is 0 Å². The smallest absolute Gasteiger partial charge is 0.103 e. The van der Waals surface area contributed by atoms with Crippen molar-refractivity contribution >= 4 is 0 Å². The zero-order valence-corrected chi connectivity index (χ0v) is 6.04. The van der Waals surface area contributed by atoms with E-state index in [1.807, 2.05) is 0 Å². The summed E-state index contributed by atoms with van der Waals surface area (Å²) in [5.41, 5.74) is 5.05. The van der Waals surface area contributed by atoms with Crippen molar-refractivity contribution in [3.63, 3.8) is 0 Å². The van der Waals surface area contributed by atoms with Gasteiger partial charge >= 0.3 is 0 Å². The maximum absolute atomic E-state index is 8.84. The average Bonchev–Trinajstić information content (AvgIpc) is 2.49. The van der Waals surface area contributed by atoms with Crippen LogP contribution in [-0.4, -0.2) is 40.7 Å². The molecule has 1 aliphatic heterocycles. The van der Waals surface area contributed by atoms with Crippen molar-refractivity contribution in [3.05, 3.63) is 11.8 Å². The molecule has 5 nitrogen and oxygen atoms in total. The van der Waals surface area contributed by atoms with Crippen LogP contribution in [0.5, 0.6) is 0 Å². The molecule has 1 heterocycles. The van der Waals surface area contributed by atoms with Crippen LogP contribution in [0, 0.1) is 0 Å². The van der Waals surface area contributed by atoms with Gasteiger partial charge in [-0.2, -0.15) is 0 Å². The number of hydrogen-bond acceptors (Lipinski definition) is 5. The third-order valence-corrected chi connectivity index (χ3v) is 1.66. The highest BCUT2D eigenvalue weighted by atomic mass is 16.3. The highest BCUT2D eigenvalue weighted by molar-refractivity contribution is 5.18. The van der Waals surface area contributed by atoms with Gasteiger partial charge in [0.25, 0.3) is 0 Å². The average molecular weight is 160 g/mol. The van der Waals surface area contributed by atoms with Gasteiger partial charge in [0, 0.05) is 5.70 Å². The minimum absolute atomic E-state index is 0.130. The summed E-state index contributed by atoms with van der Waals surface area (Å²) in [6, 6.07) is 0. The van der Waals surface area contributed by atoms with E-state index in [0.717, 1.165) is 0 Å². The monoisotopic (exact) mass is 160 g/mol. The van der Waals surface area contributed by atoms with Gasteiger partial charge in [-0.25, -0.2) is 5.43 Å². The first kappa shape index (κ1) is 8.48. The molecule has 0 saturated heterocycles. The maximum Gasteiger partial charge on any atom is 0.103 e. The zero-order chi connectivity index (χ0) is 8.32. The van der Waals surface area contributed by atoms with Crippen molar-refractivity contribution in [1.29, 1.82) is 0 Å². The van der Waals surface area contributed by atoms with Crippen LogP contribution in [-0.2, 0) is 0 Å². The number of aliphatic hydroxyl groups excluding tert-OH is 3. The highest BCUT2D eigenvalue weighted by Gasteiger charge is 2.30. The van der Waals surface area contributed by atoms with E-state index >= 15 is 0 Å². The van der Waals surface area contributed by atoms with Crippen LogP contribution in [0.3, 0.4) is 0 Å². The van der Waals surface area contributed by atoms with Crippen molar-refractivity contribution in [2.75, 3.05) is 19.8 Å². The van der Waals surface area contributed by atoms with E-state index in [9.17, 15) is 0 Å². The molecule has 1 rings (SSSR count). The summed E-state index contributed by atoms with van der Waals surface area (Å²) in [5, 5.41) is 26.3. The highest BCUT2D eigenvalue weighted by Crippen LogP contribution is 2.11. The van der Waals surface area contributed by atoms with Crippen LogP contribution in [0.2, 0.25) is 0 Å². The molecule has 0 atom stereocenters. The molecule has 0 saturated carbocycles. The topological polar surface area (TPSA) is 84.8 Å². The van der Waals surface area contributed by atoms with Crippen molar-refractivity contribution in [1.82, 2.24) is 10.9 Å². The fourth-order valence-corrected chi connectivity index (χ4v) is 0.916. The summed E-state index contributed by atoms with van der Waals surface area (Å²) in [5.74, 6) is 0. The number of rotatable bonds is 3. The molecule has 5 N–H and O–H groups in total. The van der Waals surface area contributed by atoms with E-state index in [2.05, 4.69) is 10.9 Å². The summed E-state index contributed by atoms with van der Waals surface area (Å²) in [6.45, 7) is -0.547. The summed E-state index contributed by atoms with van der Waals surface area (Å²) < 4.78 is 0. The number of hydrogen-bond donors (Lipinski definition) is 5. The Morgan fingerprint density at radius 2 is 1.91 bits per heavy atom. The standard InChI is InChI=1S/C6H12N2O3/c9-2-5-1-6(3-10,4-11)8-7-5/h1,7-11H,2-4H2. The van der Waals surface area contributed by atoms with Crippen LogP contribution >= 0.6 is 0 Å². The first-order valence-corrected chi connectivity index (χ1v) is 3.34. The molecular weight excluding hydrogens is 148 g/mol. The first-order chi connectivity index (χ1) is 5.26. The van der Waals surface area contributed by atoms with E-state index in [4.69, 9.17) is 15.3 Å². The molecule has 0 aromatic heterocycles. The Hall–Kier alpha value is -0.620. The molecule has 0 fully saturated rings. The molecular formula is C6H12N2O3. The molecule has 1 aliphatic rings.